The molecule has 2 aliphatic heterocycles. The summed E-state index contributed by atoms with van der Waals surface area (Å²) >= 11 is 1.33. The van der Waals surface area contributed by atoms with Gasteiger partial charge in [-0.25, -0.2) is 0 Å². The third-order valence-electron chi connectivity index (χ3n) is 5.87. The number of nitrogens with one attached hydrogen (secondary N) is 1. The normalized spacial score (nSPS) is 16.5. The van der Waals surface area contributed by atoms with Crippen molar-refractivity contribution in [2.75, 3.05) is 19.8 Å². The second kappa shape index (κ2) is 11.4. The summed E-state index contributed by atoms with van der Waals surface area (Å²) in [5.41, 5.74) is 2.22. The number of hydrazone groups is 1. The van der Waals surface area contributed by atoms with Gasteiger partial charge in [0.05, 0.1) is 12.2 Å². The first-order valence-electron chi connectivity index (χ1n) is 12.7. The predicted molar refractivity (Wildman–Crippen MR) is 154 cm³/mol. The lowest BCUT2D eigenvalue weighted by Crippen LogP contribution is -2.35. The molecule has 0 bridgehead atoms. The summed E-state index contributed by atoms with van der Waals surface area (Å²) < 4.78 is 17.6. The Bertz CT molecular complexity index is 1310. The van der Waals surface area contributed by atoms with Gasteiger partial charge in [-0.2, -0.15) is 15.1 Å². The molecule has 2 aromatic rings. The fourth-order valence-electron chi connectivity index (χ4n) is 3.77. The monoisotopic (exact) mass is 534 g/mol. The number of hydrogen-bond donors (Lipinski definition) is 1. The number of ether oxygens (including phenoxy) is 3. The quantitative estimate of drug-likeness (QED) is 0.308. The molecular weight excluding hydrogens is 500 g/mol. The Labute approximate surface area is 228 Å². The van der Waals surface area contributed by atoms with Crippen molar-refractivity contribution in [2.24, 2.45) is 16.0 Å². The molecule has 0 fully saturated rings. The molecule has 8 nitrogen and oxygen atoms in total. The number of carbonyl (C=O) groups is 1. The number of carbonyl (C=O) groups excluding carboxylic acids is 1. The number of amidine groups is 2. The van der Waals surface area contributed by atoms with E-state index in [1.165, 1.54) is 22.3 Å². The van der Waals surface area contributed by atoms with Gasteiger partial charge in [0.2, 0.25) is 5.17 Å². The van der Waals surface area contributed by atoms with Crippen LogP contribution < -0.4 is 14.2 Å². The van der Waals surface area contributed by atoms with Crippen molar-refractivity contribution < 1.29 is 19.0 Å². The highest BCUT2D eigenvalue weighted by molar-refractivity contribution is 8.27. The van der Waals surface area contributed by atoms with Gasteiger partial charge < -0.3 is 14.2 Å². The second-order valence-corrected chi connectivity index (χ2v) is 11.2. The molecule has 1 N–H and O–H groups in total. The highest BCUT2D eigenvalue weighted by Gasteiger charge is 2.36. The van der Waals surface area contributed by atoms with Gasteiger partial charge >= 0.3 is 0 Å². The lowest BCUT2D eigenvalue weighted by atomic mass is 9.87. The van der Waals surface area contributed by atoms with Crippen LogP contribution in [-0.4, -0.2) is 46.8 Å². The van der Waals surface area contributed by atoms with Gasteiger partial charge in [-0.3, -0.25) is 10.2 Å². The summed E-state index contributed by atoms with van der Waals surface area (Å²) in [7, 11) is 0. The molecule has 0 saturated heterocycles. The molecule has 0 saturated carbocycles. The summed E-state index contributed by atoms with van der Waals surface area (Å²) in [5, 5.41) is 15.7. The zero-order chi connectivity index (χ0) is 27.4. The van der Waals surface area contributed by atoms with E-state index in [0.29, 0.717) is 42.1 Å². The molecule has 38 heavy (non-hydrogen) atoms. The summed E-state index contributed by atoms with van der Waals surface area (Å²) in [5.74, 6) is 1.65. The predicted octanol–water partition coefficient (Wildman–Crippen LogP) is 6.12. The molecule has 2 aliphatic rings. The van der Waals surface area contributed by atoms with Crippen molar-refractivity contribution in [3.63, 3.8) is 0 Å². The first-order chi connectivity index (χ1) is 18.1. The van der Waals surface area contributed by atoms with Crippen molar-refractivity contribution in [3.05, 3.63) is 59.2 Å². The standard InChI is InChI=1S/C29H34N4O4S/c1-7-35-24-17-19(16-22-25(30)33-28(31-26(22)34)38-27(32-33)18(2)3)8-13-23(24)37-15-14-36-21-11-9-20(10-12-21)29(4,5)6/h8-13,16-18,30H,7,14-15H2,1-6H3/b22-16+,30-25?. The molecule has 4 rings (SSSR count). The first-order valence-corrected chi connectivity index (χ1v) is 13.5. The Kier molecular flexibility index (Phi) is 8.26. The summed E-state index contributed by atoms with van der Waals surface area (Å²) in [6.07, 6.45) is 1.63. The highest BCUT2D eigenvalue weighted by Crippen LogP contribution is 2.33. The molecule has 9 heteroatoms. The van der Waals surface area contributed by atoms with Crippen LogP contribution in [0.1, 0.15) is 52.7 Å². The minimum atomic E-state index is -0.458. The SMILES string of the molecule is CCOc1cc(/C=C2\C(=N)N3N=C(C(C)C)SC3=NC2=O)ccc1OCCOc1ccc(C(C)(C)C)cc1. The van der Waals surface area contributed by atoms with Crippen LogP contribution in [0.4, 0.5) is 0 Å². The minimum absolute atomic E-state index is 0.00844. The van der Waals surface area contributed by atoms with E-state index in [9.17, 15) is 4.79 Å². The molecule has 0 spiro atoms. The van der Waals surface area contributed by atoms with E-state index in [1.807, 2.05) is 39.0 Å². The number of amides is 1. The number of hydrogen-bond acceptors (Lipinski definition) is 7. The molecule has 0 aliphatic carbocycles. The van der Waals surface area contributed by atoms with Crippen LogP contribution in [0.5, 0.6) is 17.2 Å². The molecule has 200 valence electrons. The van der Waals surface area contributed by atoms with E-state index in [4.69, 9.17) is 19.6 Å². The van der Waals surface area contributed by atoms with E-state index in [0.717, 1.165) is 10.8 Å². The van der Waals surface area contributed by atoms with E-state index in [1.54, 1.807) is 18.2 Å². The third-order valence-corrected chi connectivity index (χ3v) is 7.08. The molecular formula is C29H34N4O4S. The molecule has 1 amide bonds. The van der Waals surface area contributed by atoms with Gasteiger partial charge in [0.15, 0.2) is 17.3 Å². The lowest BCUT2D eigenvalue weighted by molar-refractivity contribution is -0.114. The smallest absolute Gasteiger partial charge is 0.283 e. The van der Waals surface area contributed by atoms with Crippen molar-refractivity contribution in [1.29, 1.82) is 5.41 Å². The Morgan fingerprint density at radius 1 is 1.03 bits per heavy atom. The van der Waals surface area contributed by atoms with Gasteiger partial charge in [0.25, 0.3) is 5.91 Å². The largest absolute Gasteiger partial charge is 0.490 e. The number of rotatable bonds is 9. The number of fused-ring (bicyclic) bond motifs is 1. The molecule has 2 aromatic carbocycles. The average Bonchev–Trinajstić information content (AvgIpc) is 3.30. The Hall–Kier alpha value is -3.59. The van der Waals surface area contributed by atoms with Crippen LogP contribution in [-0.2, 0) is 10.2 Å². The van der Waals surface area contributed by atoms with Crippen LogP contribution in [0.15, 0.2) is 58.1 Å². The van der Waals surface area contributed by atoms with Crippen LogP contribution in [0, 0.1) is 11.3 Å². The maximum atomic E-state index is 12.7. The summed E-state index contributed by atoms with van der Waals surface area (Å²) in [4.78, 5) is 16.9. The average molecular weight is 535 g/mol. The fourth-order valence-corrected chi connectivity index (χ4v) is 4.66. The second-order valence-electron chi connectivity index (χ2n) is 10.2. The van der Waals surface area contributed by atoms with Crippen molar-refractivity contribution in [3.8, 4) is 17.2 Å². The van der Waals surface area contributed by atoms with Gasteiger partial charge in [-0.1, -0.05) is 52.8 Å². The van der Waals surface area contributed by atoms with E-state index in [2.05, 4.69) is 43.0 Å². The third kappa shape index (κ3) is 6.27. The topological polar surface area (TPSA) is 96.6 Å². The lowest BCUT2D eigenvalue weighted by Gasteiger charge is -2.20. The molecule has 2 heterocycles. The number of nitrogens with zero attached hydrogens (tertiary/aromatic N) is 3. The van der Waals surface area contributed by atoms with Crippen molar-refractivity contribution >= 4 is 39.8 Å². The van der Waals surface area contributed by atoms with Crippen molar-refractivity contribution in [2.45, 2.75) is 47.0 Å². The Morgan fingerprint density at radius 2 is 1.74 bits per heavy atom. The minimum Gasteiger partial charge on any atom is -0.490 e. The molecule has 0 unspecified atom stereocenters. The van der Waals surface area contributed by atoms with E-state index < -0.39 is 5.91 Å². The van der Waals surface area contributed by atoms with Crippen LogP contribution >= 0.6 is 11.8 Å². The van der Waals surface area contributed by atoms with Crippen molar-refractivity contribution in [1.82, 2.24) is 5.01 Å². The van der Waals surface area contributed by atoms with Gasteiger partial charge in [0.1, 0.15) is 24.0 Å². The Balaban J connectivity index is 1.42. The van der Waals surface area contributed by atoms with Gasteiger partial charge in [-0.15, -0.1) is 0 Å². The summed E-state index contributed by atoms with van der Waals surface area (Å²) in [6, 6.07) is 13.5. The van der Waals surface area contributed by atoms with Crippen LogP contribution in [0.3, 0.4) is 0 Å². The number of aliphatic imine (C=N–C) groups is 1. The highest BCUT2D eigenvalue weighted by atomic mass is 32.2. The van der Waals surface area contributed by atoms with Crippen LogP contribution in [0.25, 0.3) is 6.08 Å². The number of benzene rings is 2. The first kappa shape index (κ1) is 27.4. The zero-order valence-corrected chi connectivity index (χ0v) is 23.5. The molecule has 0 radical (unpaired) electrons. The molecule has 0 aromatic heterocycles. The zero-order valence-electron chi connectivity index (χ0n) is 22.7. The Morgan fingerprint density at radius 3 is 2.39 bits per heavy atom. The van der Waals surface area contributed by atoms with E-state index in [-0.39, 0.29) is 22.7 Å². The fraction of sp³-hybridized carbons (Fsp3) is 0.379. The summed E-state index contributed by atoms with van der Waals surface area (Å²) in [6.45, 7) is 13.6. The molecule has 0 atom stereocenters. The van der Waals surface area contributed by atoms with Crippen LogP contribution in [0.2, 0.25) is 0 Å². The maximum Gasteiger partial charge on any atom is 0.283 e. The van der Waals surface area contributed by atoms with E-state index >= 15 is 0 Å². The van der Waals surface area contributed by atoms with Gasteiger partial charge in [-0.05, 0) is 65.6 Å². The number of thioether (sulfide) groups is 1. The maximum absolute atomic E-state index is 12.7. The van der Waals surface area contributed by atoms with Gasteiger partial charge in [0, 0.05) is 5.92 Å².